The number of anilines is 1. The number of aliphatic hydroxyl groups excluding tert-OH is 1. The number of aryl methyl sites for hydroxylation is 1. The van der Waals surface area contributed by atoms with Crippen molar-refractivity contribution >= 4 is 23.4 Å². The number of aromatic amines is 1. The molecule has 0 saturated heterocycles. The Labute approximate surface area is 125 Å². The Balaban J connectivity index is 2.34. The van der Waals surface area contributed by atoms with Crippen molar-refractivity contribution in [2.75, 3.05) is 11.6 Å². The molecule has 0 saturated carbocycles. The van der Waals surface area contributed by atoms with Crippen LogP contribution in [0.25, 0.3) is 0 Å². The quantitative estimate of drug-likeness (QED) is 0.588. The van der Waals surface area contributed by atoms with Crippen LogP contribution in [0.3, 0.4) is 0 Å². The number of carbonyl (C=O) groups excluding carboxylic acids is 1. The lowest BCUT2D eigenvalue weighted by Crippen LogP contribution is -2.22. The smallest absolute Gasteiger partial charge is 0.346 e. The average molecular weight is 305 g/mol. The zero-order valence-corrected chi connectivity index (χ0v) is 12.5. The molecule has 0 radical (unpaired) electrons. The lowest BCUT2D eigenvalue weighted by molar-refractivity contribution is 0.102. The SMILES string of the molecule is CSc1nc(=O)[nH]c(C)c1C(=O)Nc1cccc(CO)c1. The lowest BCUT2D eigenvalue weighted by atomic mass is 10.2. The highest BCUT2D eigenvalue weighted by Crippen LogP contribution is 2.20. The number of hydrogen-bond donors (Lipinski definition) is 3. The van der Waals surface area contributed by atoms with E-state index in [-0.39, 0.29) is 12.5 Å². The van der Waals surface area contributed by atoms with Crippen LogP contribution in [0.2, 0.25) is 0 Å². The highest BCUT2D eigenvalue weighted by atomic mass is 32.2. The molecule has 0 fully saturated rings. The van der Waals surface area contributed by atoms with Gasteiger partial charge in [-0.2, -0.15) is 4.98 Å². The maximum Gasteiger partial charge on any atom is 0.346 e. The molecule has 0 aliphatic heterocycles. The third-order valence-electron chi connectivity index (χ3n) is 2.87. The number of aromatic nitrogens is 2. The van der Waals surface area contributed by atoms with E-state index in [9.17, 15) is 9.59 Å². The van der Waals surface area contributed by atoms with Gasteiger partial charge in [-0.05, 0) is 30.9 Å². The zero-order valence-electron chi connectivity index (χ0n) is 11.6. The van der Waals surface area contributed by atoms with Gasteiger partial charge in [0, 0.05) is 11.4 Å². The van der Waals surface area contributed by atoms with Gasteiger partial charge in [-0.1, -0.05) is 12.1 Å². The van der Waals surface area contributed by atoms with Gasteiger partial charge >= 0.3 is 5.69 Å². The molecule has 6 nitrogen and oxygen atoms in total. The first-order chi connectivity index (χ1) is 10.0. The van der Waals surface area contributed by atoms with Crippen molar-refractivity contribution in [3.05, 3.63) is 51.6 Å². The minimum atomic E-state index is -0.476. The minimum Gasteiger partial charge on any atom is -0.392 e. The van der Waals surface area contributed by atoms with Gasteiger partial charge in [-0.25, -0.2) is 4.79 Å². The molecule has 1 aromatic carbocycles. The Morgan fingerprint density at radius 1 is 1.48 bits per heavy atom. The summed E-state index contributed by atoms with van der Waals surface area (Å²) in [6.45, 7) is 1.56. The van der Waals surface area contributed by atoms with E-state index >= 15 is 0 Å². The first kappa shape index (κ1) is 15.3. The van der Waals surface area contributed by atoms with E-state index in [0.717, 1.165) is 0 Å². The van der Waals surface area contributed by atoms with Crippen LogP contribution in [0.4, 0.5) is 5.69 Å². The van der Waals surface area contributed by atoms with Crippen LogP contribution in [0.1, 0.15) is 21.6 Å². The second-order valence-electron chi connectivity index (χ2n) is 4.36. The molecule has 1 amide bonds. The first-order valence-corrected chi connectivity index (χ1v) is 7.43. The summed E-state index contributed by atoms with van der Waals surface area (Å²) in [7, 11) is 0. The number of nitrogens with zero attached hydrogens (tertiary/aromatic N) is 1. The van der Waals surface area contributed by atoms with Gasteiger partial charge in [-0.15, -0.1) is 11.8 Å². The Kier molecular flexibility index (Phi) is 4.77. The van der Waals surface area contributed by atoms with Crippen LogP contribution < -0.4 is 11.0 Å². The van der Waals surface area contributed by atoms with Crippen molar-refractivity contribution in [3.8, 4) is 0 Å². The van der Waals surface area contributed by atoms with Gasteiger partial charge in [0.15, 0.2) is 0 Å². The molecule has 0 aliphatic carbocycles. The van der Waals surface area contributed by atoms with Crippen LogP contribution in [0.15, 0.2) is 34.1 Å². The van der Waals surface area contributed by atoms with Crippen molar-refractivity contribution in [1.82, 2.24) is 9.97 Å². The molecular weight excluding hydrogens is 290 g/mol. The maximum atomic E-state index is 12.4. The third kappa shape index (κ3) is 3.50. The van der Waals surface area contributed by atoms with Crippen LogP contribution in [0.5, 0.6) is 0 Å². The molecule has 1 heterocycles. The number of H-pyrrole nitrogens is 1. The maximum absolute atomic E-state index is 12.4. The lowest BCUT2D eigenvalue weighted by Gasteiger charge is -2.10. The normalized spacial score (nSPS) is 10.4. The largest absolute Gasteiger partial charge is 0.392 e. The number of thioether (sulfide) groups is 1. The highest BCUT2D eigenvalue weighted by Gasteiger charge is 2.17. The van der Waals surface area contributed by atoms with Crippen molar-refractivity contribution in [1.29, 1.82) is 0 Å². The van der Waals surface area contributed by atoms with Gasteiger partial charge in [0.1, 0.15) is 5.03 Å². The Morgan fingerprint density at radius 3 is 2.90 bits per heavy atom. The Morgan fingerprint density at radius 2 is 2.24 bits per heavy atom. The summed E-state index contributed by atoms with van der Waals surface area (Å²) in [5.74, 6) is -0.351. The van der Waals surface area contributed by atoms with E-state index in [4.69, 9.17) is 5.11 Å². The number of aliphatic hydroxyl groups is 1. The van der Waals surface area contributed by atoms with Gasteiger partial charge in [-0.3, -0.25) is 4.79 Å². The van der Waals surface area contributed by atoms with Crippen LogP contribution in [-0.2, 0) is 6.61 Å². The number of benzene rings is 1. The van der Waals surface area contributed by atoms with Crippen LogP contribution in [0, 0.1) is 6.92 Å². The van der Waals surface area contributed by atoms with E-state index in [1.807, 2.05) is 0 Å². The average Bonchev–Trinajstić information content (AvgIpc) is 2.46. The molecule has 0 atom stereocenters. The highest BCUT2D eigenvalue weighted by molar-refractivity contribution is 7.98. The minimum absolute atomic E-state index is 0.0982. The van der Waals surface area contributed by atoms with Gasteiger partial charge < -0.3 is 15.4 Å². The summed E-state index contributed by atoms with van der Waals surface area (Å²) in [6, 6.07) is 6.92. The summed E-state index contributed by atoms with van der Waals surface area (Å²) in [5, 5.41) is 12.2. The number of rotatable bonds is 4. The zero-order chi connectivity index (χ0) is 15.4. The molecule has 0 spiro atoms. The summed E-state index contributed by atoms with van der Waals surface area (Å²) < 4.78 is 0. The monoisotopic (exact) mass is 305 g/mol. The molecule has 0 aliphatic rings. The predicted molar refractivity (Wildman–Crippen MR) is 81.7 cm³/mol. The number of hydrogen-bond acceptors (Lipinski definition) is 5. The van der Waals surface area contributed by atoms with E-state index in [2.05, 4.69) is 15.3 Å². The van der Waals surface area contributed by atoms with E-state index in [1.165, 1.54) is 11.8 Å². The first-order valence-electron chi connectivity index (χ1n) is 6.21. The number of nitrogens with one attached hydrogen (secondary N) is 2. The van der Waals surface area contributed by atoms with Crippen LogP contribution in [-0.4, -0.2) is 27.2 Å². The molecule has 110 valence electrons. The third-order valence-corrected chi connectivity index (χ3v) is 3.56. The van der Waals surface area contributed by atoms with Crippen molar-refractivity contribution in [3.63, 3.8) is 0 Å². The predicted octanol–water partition coefficient (Wildman–Crippen LogP) is 1.54. The van der Waals surface area contributed by atoms with E-state index < -0.39 is 5.69 Å². The fraction of sp³-hybridized carbons (Fsp3) is 0.214. The van der Waals surface area contributed by atoms with Gasteiger partial charge in [0.25, 0.3) is 5.91 Å². The molecule has 7 heteroatoms. The summed E-state index contributed by atoms with van der Waals surface area (Å²) in [6.07, 6.45) is 1.75. The summed E-state index contributed by atoms with van der Waals surface area (Å²) in [4.78, 5) is 30.0. The summed E-state index contributed by atoms with van der Waals surface area (Å²) >= 11 is 1.24. The molecule has 1 aromatic heterocycles. The van der Waals surface area contributed by atoms with Crippen molar-refractivity contribution < 1.29 is 9.90 Å². The second-order valence-corrected chi connectivity index (χ2v) is 5.16. The fourth-order valence-corrected chi connectivity index (χ4v) is 2.54. The Hall–Kier alpha value is -2.12. The molecular formula is C14H15N3O3S. The number of amides is 1. The van der Waals surface area contributed by atoms with E-state index in [0.29, 0.717) is 27.5 Å². The standard InChI is InChI=1S/C14H15N3O3S/c1-8-11(13(21-2)17-14(20)15-8)12(19)16-10-5-3-4-9(6-10)7-18/h3-6,18H,7H2,1-2H3,(H,16,19)(H,15,17,20). The van der Waals surface area contributed by atoms with Crippen molar-refractivity contribution in [2.24, 2.45) is 0 Å². The molecule has 0 bridgehead atoms. The molecule has 21 heavy (non-hydrogen) atoms. The summed E-state index contributed by atoms with van der Waals surface area (Å²) in [5.41, 5.74) is 1.61. The molecule has 3 N–H and O–H groups in total. The second kappa shape index (κ2) is 6.55. The Bertz CT molecular complexity index is 728. The van der Waals surface area contributed by atoms with Gasteiger partial charge in [0.05, 0.1) is 12.2 Å². The van der Waals surface area contributed by atoms with Crippen LogP contribution >= 0.6 is 11.8 Å². The van der Waals surface area contributed by atoms with Crippen molar-refractivity contribution in [2.45, 2.75) is 18.6 Å². The molecule has 2 rings (SSSR count). The van der Waals surface area contributed by atoms with Gasteiger partial charge in [0.2, 0.25) is 0 Å². The van der Waals surface area contributed by atoms with E-state index in [1.54, 1.807) is 37.4 Å². The topological polar surface area (TPSA) is 95.1 Å². The molecule has 0 unspecified atom stereocenters. The fourth-order valence-electron chi connectivity index (χ4n) is 1.92. The molecule has 2 aromatic rings. The number of carbonyl (C=O) groups is 1.